The van der Waals surface area contributed by atoms with E-state index in [1.807, 2.05) is 6.07 Å². The third kappa shape index (κ3) is 5.69. The summed E-state index contributed by atoms with van der Waals surface area (Å²) in [5.74, 6) is -2.51. The van der Waals surface area contributed by atoms with Crippen LogP contribution in [0.15, 0.2) is 53.7 Å². The van der Waals surface area contributed by atoms with Gasteiger partial charge in [-0.25, -0.2) is 23.1 Å². The zero-order chi connectivity index (χ0) is 16.8. The molecule has 1 heterocycles. The van der Waals surface area contributed by atoms with Crippen molar-refractivity contribution in [1.82, 2.24) is 4.98 Å². The van der Waals surface area contributed by atoms with E-state index in [0.29, 0.717) is 12.2 Å². The first-order valence-electron chi connectivity index (χ1n) is 5.70. The molecule has 1 aromatic heterocycles. The van der Waals surface area contributed by atoms with Crippen molar-refractivity contribution < 1.29 is 28.2 Å². The maximum atomic E-state index is 11.0. The van der Waals surface area contributed by atoms with Crippen LogP contribution in [0, 0.1) is 0 Å². The first-order chi connectivity index (χ1) is 10.2. The molecule has 8 nitrogen and oxygen atoms in total. The third-order valence-corrected chi connectivity index (χ3v) is 3.22. The second-order valence-electron chi connectivity index (χ2n) is 3.94. The summed E-state index contributed by atoms with van der Waals surface area (Å²) in [5, 5.41) is 22.3. The summed E-state index contributed by atoms with van der Waals surface area (Å²) in [6, 6.07) is 6.51. The second-order valence-corrected chi connectivity index (χ2v) is 5.50. The SMILES string of the molecule is NS(=O)(=O)c1ccc2ccncc2c1.O=C(O)/C=C/C(=O)O. The van der Waals surface area contributed by atoms with Gasteiger partial charge in [0, 0.05) is 29.9 Å². The third-order valence-electron chi connectivity index (χ3n) is 2.31. The number of pyridine rings is 1. The highest BCUT2D eigenvalue weighted by Gasteiger charge is 2.07. The number of primary sulfonamides is 1. The Bertz CT molecular complexity index is 813. The van der Waals surface area contributed by atoms with Crippen LogP contribution < -0.4 is 5.14 Å². The number of carboxylic acids is 2. The summed E-state index contributed by atoms with van der Waals surface area (Å²) in [5.41, 5.74) is 0. The normalized spacial score (nSPS) is 11.0. The lowest BCUT2D eigenvalue weighted by molar-refractivity contribution is -0.134. The Hall–Kier alpha value is -2.78. The lowest BCUT2D eigenvalue weighted by Gasteiger charge is -2.00. The molecule has 9 heteroatoms. The van der Waals surface area contributed by atoms with Gasteiger partial charge in [0.15, 0.2) is 0 Å². The highest BCUT2D eigenvalue weighted by atomic mass is 32.2. The number of carboxylic acid groups (broad SMARTS) is 2. The van der Waals surface area contributed by atoms with E-state index in [2.05, 4.69) is 4.98 Å². The molecule has 116 valence electrons. The summed E-state index contributed by atoms with van der Waals surface area (Å²) in [7, 11) is -3.62. The van der Waals surface area contributed by atoms with Crippen LogP contribution in [0.3, 0.4) is 0 Å². The lowest BCUT2D eigenvalue weighted by Crippen LogP contribution is -2.11. The number of nitrogens with zero attached hydrogens (tertiary/aromatic N) is 1. The summed E-state index contributed by atoms with van der Waals surface area (Å²) in [4.78, 5) is 23.1. The van der Waals surface area contributed by atoms with Gasteiger partial charge in [-0.2, -0.15) is 0 Å². The fourth-order valence-corrected chi connectivity index (χ4v) is 1.93. The molecular weight excluding hydrogens is 312 g/mol. The number of benzene rings is 1. The number of sulfonamides is 1. The molecule has 22 heavy (non-hydrogen) atoms. The van der Waals surface area contributed by atoms with E-state index < -0.39 is 22.0 Å². The fourth-order valence-electron chi connectivity index (χ4n) is 1.38. The van der Waals surface area contributed by atoms with E-state index in [9.17, 15) is 18.0 Å². The molecule has 0 fully saturated rings. The first kappa shape index (κ1) is 17.3. The first-order valence-corrected chi connectivity index (χ1v) is 7.25. The lowest BCUT2D eigenvalue weighted by atomic mass is 10.2. The van der Waals surface area contributed by atoms with Crippen LogP contribution in [-0.4, -0.2) is 35.6 Å². The van der Waals surface area contributed by atoms with Crippen molar-refractivity contribution in [3.63, 3.8) is 0 Å². The molecule has 0 spiro atoms. The minimum absolute atomic E-state index is 0.109. The topological polar surface area (TPSA) is 148 Å². The molecule has 0 amide bonds. The van der Waals surface area contributed by atoms with E-state index in [1.54, 1.807) is 18.5 Å². The van der Waals surface area contributed by atoms with Gasteiger partial charge >= 0.3 is 11.9 Å². The van der Waals surface area contributed by atoms with Crippen LogP contribution >= 0.6 is 0 Å². The number of rotatable bonds is 3. The van der Waals surface area contributed by atoms with E-state index in [0.717, 1.165) is 10.8 Å². The quantitative estimate of drug-likeness (QED) is 0.700. The van der Waals surface area contributed by atoms with Crippen molar-refractivity contribution in [3.05, 3.63) is 48.8 Å². The average molecular weight is 324 g/mol. The highest BCUT2D eigenvalue weighted by molar-refractivity contribution is 7.89. The van der Waals surface area contributed by atoms with Gasteiger partial charge < -0.3 is 10.2 Å². The van der Waals surface area contributed by atoms with Gasteiger partial charge in [-0.05, 0) is 23.6 Å². The Morgan fingerprint density at radius 1 is 1.05 bits per heavy atom. The molecule has 4 N–H and O–H groups in total. The van der Waals surface area contributed by atoms with Gasteiger partial charge in [0.2, 0.25) is 10.0 Å². The summed E-state index contributed by atoms with van der Waals surface area (Å²) in [6.07, 6.45) is 4.37. The predicted octanol–water partition coefficient (Wildman–Crippen LogP) is 0.594. The van der Waals surface area contributed by atoms with E-state index in [1.165, 1.54) is 12.1 Å². The Balaban J connectivity index is 0.000000261. The van der Waals surface area contributed by atoms with Crippen molar-refractivity contribution in [1.29, 1.82) is 0 Å². The molecule has 0 atom stereocenters. The van der Waals surface area contributed by atoms with Gasteiger partial charge in [-0.15, -0.1) is 0 Å². The predicted molar refractivity (Wildman–Crippen MR) is 77.5 cm³/mol. The molecule has 0 radical (unpaired) electrons. The highest BCUT2D eigenvalue weighted by Crippen LogP contribution is 2.16. The molecule has 0 aliphatic carbocycles. The summed E-state index contributed by atoms with van der Waals surface area (Å²) >= 11 is 0. The van der Waals surface area contributed by atoms with E-state index in [-0.39, 0.29) is 4.90 Å². The average Bonchev–Trinajstić information content (AvgIpc) is 2.44. The van der Waals surface area contributed by atoms with Gasteiger partial charge in [-0.1, -0.05) is 6.07 Å². The molecule has 0 saturated heterocycles. The van der Waals surface area contributed by atoms with Crippen LogP contribution in [0.2, 0.25) is 0 Å². The molecule has 2 rings (SSSR count). The monoisotopic (exact) mass is 324 g/mol. The van der Waals surface area contributed by atoms with Crippen molar-refractivity contribution in [3.8, 4) is 0 Å². The fraction of sp³-hybridized carbons (Fsp3) is 0. The van der Waals surface area contributed by atoms with Crippen molar-refractivity contribution >= 4 is 32.7 Å². The van der Waals surface area contributed by atoms with Crippen molar-refractivity contribution in [2.45, 2.75) is 4.90 Å². The van der Waals surface area contributed by atoms with Crippen LogP contribution in [0.1, 0.15) is 0 Å². The molecule has 0 aliphatic heterocycles. The zero-order valence-corrected chi connectivity index (χ0v) is 11.9. The van der Waals surface area contributed by atoms with Crippen molar-refractivity contribution in [2.24, 2.45) is 5.14 Å². The maximum absolute atomic E-state index is 11.0. The number of aliphatic carboxylic acids is 2. The number of nitrogens with two attached hydrogens (primary N) is 1. The number of carbonyl (C=O) groups is 2. The minimum Gasteiger partial charge on any atom is -0.478 e. The molecule has 0 saturated carbocycles. The van der Waals surface area contributed by atoms with Gasteiger partial charge in [-0.3, -0.25) is 4.98 Å². The molecular formula is C13H12N2O6S. The minimum atomic E-state index is -3.62. The Morgan fingerprint density at radius 2 is 1.64 bits per heavy atom. The second kappa shape index (κ2) is 7.29. The molecule has 0 aliphatic rings. The molecule has 2 aromatic rings. The van der Waals surface area contributed by atoms with Gasteiger partial charge in [0.1, 0.15) is 0 Å². The number of fused-ring (bicyclic) bond motifs is 1. The van der Waals surface area contributed by atoms with Crippen molar-refractivity contribution in [2.75, 3.05) is 0 Å². The van der Waals surface area contributed by atoms with Crippen LogP contribution in [0.5, 0.6) is 0 Å². The van der Waals surface area contributed by atoms with Gasteiger partial charge in [0.05, 0.1) is 4.90 Å². The Labute approximate surface area is 125 Å². The van der Waals surface area contributed by atoms with Gasteiger partial charge in [0.25, 0.3) is 0 Å². The standard InChI is InChI=1S/C9H8N2O2S.C4H4O4/c10-14(12,13)9-2-1-7-3-4-11-6-8(7)5-9;5-3(6)1-2-4(7)8/h1-6H,(H2,10,12,13);1-2H,(H,5,6)(H,7,8)/b;2-1+. The Kier molecular flexibility index (Phi) is 5.72. The van der Waals surface area contributed by atoms with E-state index in [4.69, 9.17) is 15.4 Å². The van der Waals surface area contributed by atoms with Crippen LogP contribution in [0.4, 0.5) is 0 Å². The maximum Gasteiger partial charge on any atom is 0.328 e. The Morgan fingerprint density at radius 3 is 2.14 bits per heavy atom. The largest absolute Gasteiger partial charge is 0.478 e. The summed E-state index contributed by atoms with van der Waals surface area (Å²) in [6.45, 7) is 0. The smallest absolute Gasteiger partial charge is 0.328 e. The van der Waals surface area contributed by atoms with Crippen LogP contribution in [0.25, 0.3) is 10.8 Å². The number of hydrogen-bond donors (Lipinski definition) is 3. The molecule has 0 unspecified atom stereocenters. The number of aromatic nitrogens is 1. The molecule has 1 aromatic carbocycles. The van der Waals surface area contributed by atoms with Crippen LogP contribution in [-0.2, 0) is 19.6 Å². The zero-order valence-electron chi connectivity index (χ0n) is 11.1. The molecule has 0 bridgehead atoms. The number of hydrogen-bond acceptors (Lipinski definition) is 5. The van der Waals surface area contributed by atoms with E-state index >= 15 is 0 Å². The summed E-state index contributed by atoms with van der Waals surface area (Å²) < 4.78 is 22.1.